The average molecular weight is 284 g/mol. The number of carbonyl (C=O) groups is 1. The molecule has 0 bridgehead atoms. The van der Waals surface area contributed by atoms with Crippen LogP contribution < -0.4 is 9.47 Å². The van der Waals surface area contributed by atoms with Gasteiger partial charge < -0.3 is 9.47 Å². The second kappa shape index (κ2) is 6.44. The fourth-order valence-corrected chi connectivity index (χ4v) is 2.22. The summed E-state index contributed by atoms with van der Waals surface area (Å²) < 4.78 is 10.9. The Bertz CT molecular complexity index is 660. The number of benzene rings is 2. The molecule has 2 aromatic carbocycles. The van der Waals surface area contributed by atoms with E-state index in [9.17, 15) is 4.79 Å². The summed E-state index contributed by atoms with van der Waals surface area (Å²) in [6.07, 6.45) is 0. The SMILES string of the molecule is CCOc1ccc(C)cc1C(=O)c1ccc(C)c(OC)c1. The Morgan fingerprint density at radius 2 is 1.81 bits per heavy atom. The Morgan fingerprint density at radius 1 is 1.05 bits per heavy atom. The Kier molecular flexibility index (Phi) is 4.63. The van der Waals surface area contributed by atoms with Crippen molar-refractivity contribution in [2.75, 3.05) is 13.7 Å². The number of rotatable bonds is 5. The first-order valence-electron chi connectivity index (χ1n) is 6.99. The van der Waals surface area contributed by atoms with E-state index in [2.05, 4.69) is 0 Å². The van der Waals surface area contributed by atoms with Crippen LogP contribution in [0.2, 0.25) is 0 Å². The van der Waals surface area contributed by atoms with Gasteiger partial charge in [0.15, 0.2) is 5.78 Å². The van der Waals surface area contributed by atoms with E-state index in [-0.39, 0.29) is 5.78 Å². The smallest absolute Gasteiger partial charge is 0.196 e. The summed E-state index contributed by atoms with van der Waals surface area (Å²) in [4.78, 5) is 12.7. The quantitative estimate of drug-likeness (QED) is 0.780. The van der Waals surface area contributed by atoms with Gasteiger partial charge in [0.05, 0.1) is 19.3 Å². The van der Waals surface area contributed by atoms with E-state index in [1.807, 2.05) is 51.1 Å². The normalized spacial score (nSPS) is 10.3. The first kappa shape index (κ1) is 15.1. The molecule has 0 saturated carbocycles. The number of ether oxygens (including phenoxy) is 2. The van der Waals surface area contributed by atoms with Gasteiger partial charge in [0.2, 0.25) is 0 Å². The molecule has 3 nitrogen and oxygen atoms in total. The first-order valence-corrected chi connectivity index (χ1v) is 6.99. The minimum atomic E-state index is -0.0551. The predicted octanol–water partition coefficient (Wildman–Crippen LogP) is 3.94. The van der Waals surface area contributed by atoms with Crippen LogP contribution in [0.3, 0.4) is 0 Å². The van der Waals surface area contributed by atoms with Gasteiger partial charge in [-0.1, -0.05) is 23.8 Å². The van der Waals surface area contributed by atoms with Gasteiger partial charge in [0, 0.05) is 5.56 Å². The van der Waals surface area contributed by atoms with Gasteiger partial charge in [-0.3, -0.25) is 4.79 Å². The molecule has 0 saturated heterocycles. The zero-order chi connectivity index (χ0) is 15.4. The summed E-state index contributed by atoms with van der Waals surface area (Å²) in [5.41, 5.74) is 3.22. The van der Waals surface area contributed by atoms with Crippen molar-refractivity contribution in [1.82, 2.24) is 0 Å². The fourth-order valence-electron chi connectivity index (χ4n) is 2.22. The van der Waals surface area contributed by atoms with Crippen LogP contribution >= 0.6 is 0 Å². The Balaban J connectivity index is 2.46. The number of hydrogen-bond donors (Lipinski definition) is 0. The van der Waals surface area contributed by atoms with Crippen molar-refractivity contribution < 1.29 is 14.3 Å². The summed E-state index contributed by atoms with van der Waals surface area (Å²) in [6.45, 7) is 6.34. The molecule has 0 radical (unpaired) electrons. The monoisotopic (exact) mass is 284 g/mol. The predicted molar refractivity (Wildman–Crippen MR) is 83.5 cm³/mol. The fraction of sp³-hybridized carbons (Fsp3) is 0.278. The molecule has 0 heterocycles. The summed E-state index contributed by atoms with van der Waals surface area (Å²) in [5.74, 6) is 1.28. The summed E-state index contributed by atoms with van der Waals surface area (Å²) in [6, 6.07) is 11.1. The zero-order valence-electron chi connectivity index (χ0n) is 12.9. The van der Waals surface area contributed by atoms with Crippen LogP contribution in [0.15, 0.2) is 36.4 Å². The molecule has 0 aliphatic rings. The van der Waals surface area contributed by atoms with Crippen LogP contribution in [0.4, 0.5) is 0 Å². The molecular formula is C18H20O3. The number of hydrogen-bond acceptors (Lipinski definition) is 3. The maximum absolute atomic E-state index is 12.7. The van der Waals surface area contributed by atoms with Crippen molar-refractivity contribution in [3.05, 3.63) is 58.7 Å². The van der Waals surface area contributed by atoms with Crippen LogP contribution in [-0.2, 0) is 0 Å². The second-order valence-electron chi connectivity index (χ2n) is 4.95. The lowest BCUT2D eigenvalue weighted by molar-refractivity contribution is 0.103. The highest BCUT2D eigenvalue weighted by molar-refractivity contribution is 6.11. The molecule has 21 heavy (non-hydrogen) atoms. The minimum Gasteiger partial charge on any atom is -0.496 e. The molecule has 0 amide bonds. The number of ketones is 1. The summed E-state index contributed by atoms with van der Waals surface area (Å²) >= 11 is 0. The van der Waals surface area contributed by atoms with Crippen LogP contribution in [0, 0.1) is 13.8 Å². The van der Waals surface area contributed by atoms with E-state index in [0.717, 1.165) is 11.1 Å². The van der Waals surface area contributed by atoms with Crippen molar-refractivity contribution in [3.63, 3.8) is 0 Å². The highest BCUT2D eigenvalue weighted by Crippen LogP contribution is 2.26. The van der Waals surface area contributed by atoms with Crippen molar-refractivity contribution in [3.8, 4) is 11.5 Å². The van der Waals surface area contributed by atoms with Gasteiger partial charge in [-0.15, -0.1) is 0 Å². The van der Waals surface area contributed by atoms with E-state index < -0.39 is 0 Å². The molecule has 0 N–H and O–H groups in total. The van der Waals surface area contributed by atoms with Gasteiger partial charge in [0.1, 0.15) is 11.5 Å². The molecule has 2 aromatic rings. The lowest BCUT2D eigenvalue weighted by Gasteiger charge is -2.12. The molecule has 110 valence electrons. The molecule has 3 heteroatoms. The van der Waals surface area contributed by atoms with Gasteiger partial charge in [0.25, 0.3) is 0 Å². The van der Waals surface area contributed by atoms with Crippen LogP contribution in [0.1, 0.15) is 34.0 Å². The highest BCUT2D eigenvalue weighted by atomic mass is 16.5. The molecule has 0 fully saturated rings. The lowest BCUT2D eigenvalue weighted by atomic mass is 9.99. The van der Waals surface area contributed by atoms with Crippen LogP contribution in [0.25, 0.3) is 0 Å². The molecule has 0 spiro atoms. The Labute approximate surface area is 125 Å². The number of aryl methyl sites for hydroxylation is 2. The number of carbonyl (C=O) groups excluding carboxylic acids is 1. The van der Waals surface area contributed by atoms with Crippen molar-refractivity contribution in [1.29, 1.82) is 0 Å². The molecule has 2 rings (SSSR count). The van der Waals surface area contributed by atoms with Crippen molar-refractivity contribution >= 4 is 5.78 Å². The molecule has 0 aliphatic heterocycles. The third-order valence-corrected chi connectivity index (χ3v) is 3.35. The lowest BCUT2D eigenvalue weighted by Crippen LogP contribution is -2.06. The minimum absolute atomic E-state index is 0.0551. The summed E-state index contributed by atoms with van der Waals surface area (Å²) in [5, 5.41) is 0. The second-order valence-corrected chi connectivity index (χ2v) is 4.95. The van der Waals surface area contributed by atoms with E-state index in [1.165, 1.54) is 0 Å². The van der Waals surface area contributed by atoms with Crippen molar-refractivity contribution in [2.24, 2.45) is 0 Å². The Morgan fingerprint density at radius 3 is 2.48 bits per heavy atom. The van der Waals surface area contributed by atoms with Crippen molar-refractivity contribution in [2.45, 2.75) is 20.8 Å². The van der Waals surface area contributed by atoms with Gasteiger partial charge in [-0.05, 0) is 44.5 Å². The maximum Gasteiger partial charge on any atom is 0.196 e. The third-order valence-electron chi connectivity index (χ3n) is 3.35. The third kappa shape index (κ3) is 3.24. The van der Waals surface area contributed by atoms with E-state index in [4.69, 9.17) is 9.47 Å². The van der Waals surface area contributed by atoms with E-state index in [0.29, 0.717) is 29.2 Å². The standard InChI is InChI=1S/C18H20O3/c1-5-21-16-9-6-12(2)10-15(16)18(19)14-8-7-13(3)17(11-14)20-4/h6-11H,5H2,1-4H3. The van der Waals surface area contributed by atoms with E-state index >= 15 is 0 Å². The highest BCUT2D eigenvalue weighted by Gasteiger charge is 2.16. The average Bonchev–Trinajstić information content (AvgIpc) is 2.49. The van der Waals surface area contributed by atoms with Gasteiger partial charge in [-0.2, -0.15) is 0 Å². The molecule has 0 aliphatic carbocycles. The maximum atomic E-state index is 12.7. The van der Waals surface area contributed by atoms with Crippen LogP contribution in [0.5, 0.6) is 11.5 Å². The molecule has 0 aromatic heterocycles. The topological polar surface area (TPSA) is 35.5 Å². The molecule has 0 unspecified atom stereocenters. The molecule has 0 atom stereocenters. The van der Waals surface area contributed by atoms with Gasteiger partial charge in [-0.25, -0.2) is 0 Å². The number of methoxy groups -OCH3 is 1. The first-order chi connectivity index (χ1) is 10.1. The molecular weight excluding hydrogens is 264 g/mol. The van der Waals surface area contributed by atoms with E-state index in [1.54, 1.807) is 13.2 Å². The van der Waals surface area contributed by atoms with Crippen LogP contribution in [-0.4, -0.2) is 19.5 Å². The van der Waals surface area contributed by atoms with Gasteiger partial charge >= 0.3 is 0 Å². The largest absolute Gasteiger partial charge is 0.496 e. The summed E-state index contributed by atoms with van der Waals surface area (Å²) in [7, 11) is 1.61. The zero-order valence-corrected chi connectivity index (χ0v) is 12.9. The Hall–Kier alpha value is -2.29.